The van der Waals surface area contributed by atoms with Crippen LogP contribution < -0.4 is 16.2 Å². The quantitative estimate of drug-likeness (QED) is 0.240. The SMILES string of the molecule is CCOC(=O)c1ccc(Nc2cc(-c3cccc(NC(=O)c4ccc(C(C)(C)C)cc4)c3S(C)(=O)=O)cn(C)c2=O)cc1. The van der Waals surface area contributed by atoms with Gasteiger partial charge in [-0.05, 0) is 66.4 Å². The first-order valence-corrected chi connectivity index (χ1v) is 15.6. The van der Waals surface area contributed by atoms with Crippen LogP contribution in [0.5, 0.6) is 0 Å². The van der Waals surface area contributed by atoms with Crippen molar-refractivity contribution in [2.24, 2.45) is 7.05 Å². The number of rotatable bonds is 8. The number of carbonyl (C=O) groups excluding carboxylic acids is 2. The van der Waals surface area contributed by atoms with E-state index in [2.05, 4.69) is 31.4 Å². The van der Waals surface area contributed by atoms with E-state index >= 15 is 0 Å². The molecular formula is C33H35N3O6S. The van der Waals surface area contributed by atoms with Gasteiger partial charge in [0.25, 0.3) is 11.5 Å². The molecule has 0 atom stereocenters. The van der Waals surface area contributed by atoms with Crippen LogP contribution in [0, 0.1) is 0 Å². The van der Waals surface area contributed by atoms with Crippen LogP contribution in [0.15, 0.2) is 88.7 Å². The summed E-state index contributed by atoms with van der Waals surface area (Å²) in [5.41, 5.74) is 3.03. The highest BCUT2D eigenvalue weighted by molar-refractivity contribution is 7.91. The Morgan fingerprint density at radius 3 is 2.12 bits per heavy atom. The van der Waals surface area contributed by atoms with Crippen molar-refractivity contribution >= 4 is 38.8 Å². The highest BCUT2D eigenvalue weighted by atomic mass is 32.2. The summed E-state index contributed by atoms with van der Waals surface area (Å²) in [5, 5.41) is 5.82. The Morgan fingerprint density at radius 2 is 1.53 bits per heavy atom. The smallest absolute Gasteiger partial charge is 0.338 e. The van der Waals surface area contributed by atoms with Crippen LogP contribution in [0.4, 0.5) is 17.1 Å². The number of nitrogens with one attached hydrogen (secondary N) is 2. The number of sulfone groups is 1. The number of amides is 1. The summed E-state index contributed by atoms with van der Waals surface area (Å²) in [6.45, 7) is 8.21. The van der Waals surface area contributed by atoms with Crippen LogP contribution in [-0.2, 0) is 27.0 Å². The van der Waals surface area contributed by atoms with Crippen LogP contribution in [0.3, 0.4) is 0 Å². The van der Waals surface area contributed by atoms with Gasteiger partial charge in [0.15, 0.2) is 9.84 Å². The lowest BCUT2D eigenvalue weighted by atomic mass is 9.87. The fourth-order valence-electron chi connectivity index (χ4n) is 4.59. The second-order valence-electron chi connectivity index (χ2n) is 11.2. The van der Waals surface area contributed by atoms with Gasteiger partial charge in [0.05, 0.1) is 22.8 Å². The first-order chi connectivity index (χ1) is 20.2. The van der Waals surface area contributed by atoms with Crippen molar-refractivity contribution in [2.75, 3.05) is 23.5 Å². The van der Waals surface area contributed by atoms with Crippen LogP contribution in [0.1, 0.15) is 54.0 Å². The third-order valence-electron chi connectivity index (χ3n) is 6.82. The van der Waals surface area contributed by atoms with Gasteiger partial charge in [-0.25, -0.2) is 13.2 Å². The number of aromatic nitrogens is 1. The summed E-state index contributed by atoms with van der Waals surface area (Å²) in [6.07, 6.45) is 2.62. The van der Waals surface area contributed by atoms with Gasteiger partial charge in [-0.15, -0.1) is 0 Å². The normalized spacial score (nSPS) is 11.6. The maximum absolute atomic E-state index is 13.2. The zero-order valence-corrected chi connectivity index (χ0v) is 25.8. The summed E-state index contributed by atoms with van der Waals surface area (Å²) >= 11 is 0. The van der Waals surface area contributed by atoms with E-state index in [1.54, 1.807) is 68.6 Å². The molecule has 2 N–H and O–H groups in total. The lowest BCUT2D eigenvalue weighted by Gasteiger charge is -2.19. The molecule has 0 aliphatic heterocycles. The highest BCUT2D eigenvalue weighted by Crippen LogP contribution is 2.34. The lowest BCUT2D eigenvalue weighted by Crippen LogP contribution is -2.20. The number of aryl methyl sites for hydroxylation is 1. The molecule has 0 spiro atoms. The average molecular weight is 602 g/mol. The molecule has 0 aliphatic carbocycles. The van der Waals surface area contributed by atoms with Gasteiger partial charge in [0, 0.05) is 41.9 Å². The molecule has 0 unspecified atom stereocenters. The molecule has 0 bridgehead atoms. The minimum atomic E-state index is -3.84. The van der Waals surface area contributed by atoms with Gasteiger partial charge in [0.1, 0.15) is 5.69 Å². The van der Waals surface area contributed by atoms with E-state index in [0.717, 1.165) is 11.8 Å². The van der Waals surface area contributed by atoms with Gasteiger partial charge in [0.2, 0.25) is 0 Å². The number of pyridine rings is 1. The van der Waals surface area contributed by atoms with Crippen LogP contribution in [0.2, 0.25) is 0 Å². The first-order valence-electron chi connectivity index (χ1n) is 13.7. The molecule has 3 aromatic carbocycles. The molecule has 0 fully saturated rings. The minimum Gasteiger partial charge on any atom is -0.462 e. The summed E-state index contributed by atoms with van der Waals surface area (Å²) in [6, 6.07) is 20.0. The first kappa shape index (κ1) is 31.2. The third kappa shape index (κ3) is 7.21. The van der Waals surface area contributed by atoms with Crippen molar-refractivity contribution in [3.63, 3.8) is 0 Å². The predicted molar refractivity (Wildman–Crippen MR) is 169 cm³/mol. The lowest BCUT2D eigenvalue weighted by molar-refractivity contribution is 0.0526. The summed E-state index contributed by atoms with van der Waals surface area (Å²) < 4.78 is 32.6. The summed E-state index contributed by atoms with van der Waals surface area (Å²) in [7, 11) is -2.28. The number of esters is 1. The van der Waals surface area contributed by atoms with E-state index in [9.17, 15) is 22.8 Å². The number of benzene rings is 3. The van der Waals surface area contributed by atoms with E-state index in [1.807, 2.05) is 12.1 Å². The fourth-order valence-corrected chi connectivity index (χ4v) is 5.69. The van der Waals surface area contributed by atoms with Crippen molar-refractivity contribution in [1.82, 2.24) is 4.57 Å². The van der Waals surface area contributed by atoms with E-state index in [4.69, 9.17) is 4.74 Å². The maximum atomic E-state index is 13.2. The van der Waals surface area contributed by atoms with Crippen molar-refractivity contribution in [1.29, 1.82) is 0 Å². The number of hydrogen-bond donors (Lipinski definition) is 2. The Morgan fingerprint density at radius 1 is 0.907 bits per heavy atom. The molecule has 0 saturated heterocycles. The van der Waals surface area contributed by atoms with E-state index in [1.165, 1.54) is 16.8 Å². The van der Waals surface area contributed by atoms with Crippen molar-refractivity contribution in [2.45, 2.75) is 38.0 Å². The van der Waals surface area contributed by atoms with Gasteiger partial charge in [-0.2, -0.15) is 0 Å². The molecule has 224 valence electrons. The average Bonchev–Trinajstić information content (AvgIpc) is 2.94. The van der Waals surface area contributed by atoms with Crippen molar-refractivity contribution in [3.8, 4) is 11.1 Å². The molecule has 4 aromatic rings. The third-order valence-corrected chi connectivity index (χ3v) is 8.00. The Labute approximate surface area is 251 Å². The Hall–Kier alpha value is -4.70. The molecule has 1 amide bonds. The molecular weight excluding hydrogens is 566 g/mol. The Bertz CT molecular complexity index is 1840. The molecule has 0 radical (unpaired) electrons. The summed E-state index contributed by atoms with van der Waals surface area (Å²) in [5.74, 6) is -0.897. The van der Waals surface area contributed by atoms with E-state index < -0.39 is 21.7 Å². The molecule has 1 aromatic heterocycles. The number of hydrogen-bond acceptors (Lipinski definition) is 7. The molecule has 43 heavy (non-hydrogen) atoms. The molecule has 4 rings (SSSR count). The maximum Gasteiger partial charge on any atom is 0.338 e. The second kappa shape index (κ2) is 12.3. The van der Waals surface area contributed by atoms with E-state index in [0.29, 0.717) is 27.9 Å². The monoisotopic (exact) mass is 601 g/mol. The van der Waals surface area contributed by atoms with E-state index in [-0.39, 0.29) is 33.9 Å². The number of anilines is 3. The number of nitrogens with zero attached hydrogens (tertiary/aromatic N) is 1. The van der Waals surface area contributed by atoms with Gasteiger partial charge in [-0.3, -0.25) is 9.59 Å². The minimum absolute atomic E-state index is 0.0712. The largest absolute Gasteiger partial charge is 0.462 e. The van der Waals surface area contributed by atoms with Gasteiger partial charge >= 0.3 is 5.97 Å². The molecule has 9 nitrogen and oxygen atoms in total. The number of carbonyl (C=O) groups is 2. The molecule has 1 heterocycles. The predicted octanol–water partition coefficient (Wildman–Crippen LogP) is 5.93. The van der Waals surface area contributed by atoms with Crippen LogP contribution in [0.25, 0.3) is 11.1 Å². The number of ether oxygens (including phenoxy) is 1. The Balaban J connectivity index is 1.71. The second-order valence-corrected chi connectivity index (χ2v) is 13.2. The Kier molecular flexibility index (Phi) is 8.91. The topological polar surface area (TPSA) is 124 Å². The van der Waals surface area contributed by atoms with Gasteiger partial charge in [-0.1, -0.05) is 45.0 Å². The van der Waals surface area contributed by atoms with Crippen molar-refractivity contribution < 1.29 is 22.7 Å². The molecule has 0 aliphatic rings. The zero-order chi connectivity index (χ0) is 31.5. The summed E-state index contributed by atoms with van der Waals surface area (Å²) in [4.78, 5) is 38.1. The molecule has 10 heteroatoms. The standard InChI is InChI=1S/C33H35N3O6S/c1-7-42-32(39)22-13-17-25(18-14-22)34-28-19-23(20-36(5)31(28)38)26-9-8-10-27(29(26)43(6,40)41)35-30(37)21-11-15-24(16-12-21)33(2,3)4/h8-20,34H,7H2,1-6H3,(H,35,37). The fraction of sp³-hybridized carbons (Fsp3) is 0.242. The van der Waals surface area contributed by atoms with Gasteiger partial charge < -0.3 is 19.9 Å². The van der Waals surface area contributed by atoms with Crippen molar-refractivity contribution in [3.05, 3.63) is 106 Å². The highest BCUT2D eigenvalue weighted by Gasteiger charge is 2.23. The molecule has 0 saturated carbocycles. The van der Waals surface area contributed by atoms with Crippen LogP contribution >= 0.6 is 0 Å². The zero-order valence-electron chi connectivity index (χ0n) is 25.0. The van der Waals surface area contributed by atoms with Crippen LogP contribution in [-0.4, -0.2) is 37.7 Å².